The second-order valence-electron chi connectivity index (χ2n) is 5.80. The highest BCUT2D eigenvalue weighted by molar-refractivity contribution is 7.71. The maximum absolute atomic E-state index is 5.58. The third-order valence-electron chi connectivity index (χ3n) is 4.03. The van der Waals surface area contributed by atoms with Crippen LogP contribution in [-0.4, -0.2) is 52.2 Å². The van der Waals surface area contributed by atoms with E-state index < -0.39 is 0 Å². The van der Waals surface area contributed by atoms with E-state index in [-0.39, 0.29) is 6.10 Å². The van der Waals surface area contributed by atoms with Crippen LogP contribution in [0.5, 0.6) is 5.75 Å². The lowest BCUT2D eigenvalue weighted by molar-refractivity contribution is -0.0307. The van der Waals surface area contributed by atoms with Crippen molar-refractivity contribution in [3.63, 3.8) is 0 Å². The Kier molecular flexibility index (Phi) is 4.79. The minimum absolute atomic E-state index is 0.250. The fourth-order valence-electron chi connectivity index (χ4n) is 2.80. The molecule has 0 aliphatic carbocycles. The molecule has 1 aromatic carbocycles. The van der Waals surface area contributed by atoms with Gasteiger partial charge < -0.3 is 14.0 Å². The van der Waals surface area contributed by atoms with E-state index in [1.165, 1.54) is 0 Å². The molecule has 1 atom stereocenters. The average molecular weight is 334 g/mol. The Morgan fingerprint density at radius 3 is 3.00 bits per heavy atom. The van der Waals surface area contributed by atoms with Crippen LogP contribution in [0.25, 0.3) is 11.4 Å². The standard InChI is InChI=1S/C16H22N4O2S/c1-12-10-19(7-8-22-12)11-20-16(23)18(2)15(17-20)13-5-4-6-14(9-13)21-3/h4-6,9,12H,7-8,10-11H2,1-3H3/t12-/m1/s1. The molecule has 0 amide bonds. The Morgan fingerprint density at radius 1 is 1.43 bits per heavy atom. The fourth-order valence-corrected chi connectivity index (χ4v) is 2.99. The molecule has 0 spiro atoms. The van der Waals surface area contributed by atoms with Gasteiger partial charge in [-0.15, -0.1) is 0 Å². The predicted octanol–water partition coefficient (Wildman–Crippen LogP) is 2.30. The molecule has 2 aromatic rings. The molecule has 0 unspecified atom stereocenters. The third-order valence-corrected chi connectivity index (χ3v) is 4.51. The quantitative estimate of drug-likeness (QED) is 0.803. The minimum atomic E-state index is 0.250. The van der Waals surface area contributed by atoms with Gasteiger partial charge in [-0.05, 0) is 31.3 Å². The average Bonchev–Trinajstić information content (AvgIpc) is 2.83. The van der Waals surface area contributed by atoms with Gasteiger partial charge in [-0.2, -0.15) is 5.10 Å². The smallest absolute Gasteiger partial charge is 0.199 e. The first-order valence-electron chi connectivity index (χ1n) is 7.70. The van der Waals surface area contributed by atoms with Crippen molar-refractivity contribution in [1.29, 1.82) is 0 Å². The van der Waals surface area contributed by atoms with Crippen LogP contribution >= 0.6 is 12.2 Å². The van der Waals surface area contributed by atoms with Crippen molar-refractivity contribution in [2.75, 3.05) is 26.8 Å². The lowest BCUT2D eigenvalue weighted by Crippen LogP contribution is -2.42. The zero-order valence-electron chi connectivity index (χ0n) is 13.7. The van der Waals surface area contributed by atoms with E-state index in [4.69, 9.17) is 26.8 Å². The lowest BCUT2D eigenvalue weighted by Gasteiger charge is -2.30. The molecule has 124 valence electrons. The van der Waals surface area contributed by atoms with Crippen LogP contribution in [0.4, 0.5) is 0 Å². The molecule has 1 saturated heterocycles. The minimum Gasteiger partial charge on any atom is -0.497 e. The summed E-state index contributed by atoms with van der Waals surface area (Å²) in [4.78, 5) is 2.31. The second kappa shape index (κ2) is 6.82. The maximum atomic E-state index is 5.58. The van der Waals surface area contributed by atoms with Gasteiger partial charge >= 0.3 is 0 Å². The Balaban J connectivity index is 1.87. The van der Waals surface area contributed by atoms with Crippen molar-refractivity contribution in [2.45, 2.75) is 19.7 Å². The normalized spacial score (nSPS) is 19.0. The molecule has 0 radical (unpaired) electrons. The van der Waals surface area contributed by atoms with E-state index in [0.29, 0.717) is 11.4 Å². The van der Waals surface area contributed by atoms with Crippen LogP contribution in [0.2, 0.25) is 0 Å². The van der Waals surface area contributed by atoms with E-state index in [1.54, 1.807) is 7.11 Å². The third kappa shape index (κ3) is 3.46. The van der Waals surface area contributed by atoms with Gasteiger partial charge in [0.2, 0.25) is 0 Å². The Bertz CT molecular complexity index is 740. The summed E-state index contributed by atoms with van der Waals surface area (Å²) in [6, 6.07) is 7.86. The molecule has 1 aliphatic rings. The SMILES string of the molecule is COc1cccc(-c2nn(CN3CCO[C@H](C)C3)c(=S)n2C)c1. The van der Waals surface area contributed by atoms with Gasteiger partial charge in [0.05, 0.1) is 26.5 Å². The molecular weight excluding hydrogens is 312 g/mol. The molecule has 0 bridgehead atoms. The van der Waals surface area contributed by atoms with Gasteiger partial charge in [-0.1, -0.05) is 12.1 Å². The van der Waals surface area contributed by atoms with Crippen LogP contribution in [0, 0.1) is 4.77 Å². The highest BCUT2D eigenvalue weighted by atomic mass is 32.1. The molecule has 23 heavy (non-hydrogen) atoms. The summed E-state index contributed by atoms with van der Waals surface area (Å²) >= 11 is 5.55. The molecule has 1 aliphatic heterocycles. The fraction of sp³-hybridized carbons (Fsp3) is 0.500. The van der Waals surface area contributed by atoms with Crippen LogP contribution in [0.3, 0.4) is 0 Å². The van der Waals surface area contributed by atoms with Crippen molar-refractivity contribution in [1.82, 2.24) is 19.2 Å². The van der Waals surface area contributed by atoms with Crippen LogP contribution in [0.15, 0.2) is 24.3 Å². The highest BCUT2D eigenvalue weighted by Crippen LogP contribution is 2.22. The monoisotopic (exact) mass is 334 g/mol. The largest absolute Gasteiger partial charge is 0.497 e. The topological polar surface area (TPSA) is 44.4 Å². The molecule has 1 fully saturated rings. The van der Waals surface area contributed by atoms with Crippen LogP contribution in [-0.2, 0) is 18.5 Å². The number of methoxy groups -OCH3 is 1. The molecule has 3 rings (SSSR count). The number of ether oxygens (including phenoxy) is 2. The number of hydrogen-bond acceptors (Lipinski definition) is 5. The summed E-state index contributed by atoms with van der Waals surface area (Å²) in [5, 5.41) is 4.71. The second-order valence-corrected chi connectivity index (χ2v) is 6.16. The molecule has 0 saturated carbocycles. The first-order chi connectivity index (χ1) is 11.1. The van der Waals surface area contributed by atoms with E-state index in [9.17, 15) is 0 Å². The summed E-state index contributed by atoms with van der Waals surface area (Å²) in [6.45, 7) is 5.32. The summed E-state index contributed by atoms with van der Waals surface area (Å²) < 4.78 is 15.4. The Morgan fingerprint density at radius 2 is 2.26 bits per heavy atom. The number of morpholine rings is 1. The number of aromatic nitrogens is 3. The van der Waals surface area contributed by atoms with Crippen molar-refractivity contribution in [3.05, 3.63) is 29.0 Å². The lowest BCUT2D eigenvalue weighted by atomic mass is 10.2. The van der Waals surface area contributed by atoms with Gasteiger partial charge in [0.25, 0.3) is 0 Å². The van der Waals surface area contributed by atoms with Crippen molar-refractivity contribution in [3.8, 4) is 17.1 Å². The van der Waals surface area contributed by atoms with Crippen LogP contribution < -0.4 is 4.74 Å². The van der Waals surface area contributed by atoms with E-state index in [2.05, 4.69) is 11.8 Å². The first-order valence-corrected chi connectivity index (χ1v) is 8.11. The molecule has 1 aromatic heterocycles. The predicted molar refractivity (Wildman–Crippen MR) is 91.0 cm³/mol. The van der Waals surface area contributed by atoms with Crippen molar-refractivity contribution >= 4 is 12.2 Å². The Hall–Kier alpha value is -1.70. The zero-order valence-corrected chi connectivity index (χ0v) is 14.5. The van der Waals surface area contributed by atoms with Crippen molar-refractivity contribution < 1.29 is 9.47 Å². The van der Waals surface area contributed by atoms with E-state index >= 15 is 0 Å². The highest BCUT2D eigenvalue weighted by Gasteiger charge is 2.18. The van der Waals surface area contributed by atoms with Gasteiger partial charge in [-0.3, -0.25) is 4.90 Å². The van der Waals surface area contributed by atoms with Gasteiger partial charge in [0, 0.05) is 25.7 Å². The number of nitrogens with zero attached hydrogens (tertiary/aromatic N) is 4. The summed E-state index contributed by atoms with van der Waals surface area (Å²) in [6.07, 6.45) is 0.250. The molecule has 7 heteroatoms. The zero-order chi connectivity index (χ0) is 16.4. The summed E-state index contributed by atoms with van der Waals surface area (Å²) in [5.74, 6) is 1.65. The number of benzene rings is 1. The van der Waals surface area contributed by atoms with E-state index in [1.807, 2.05) is 40.6 Å². The first kappa shape index (κ1) is 16.2. The van der Waals surface area contributed by atoms with E-state index in [0.717, 1.165) is 36.8 Å². The maximum Gasteiger partial charge on any atom is 0.199 e. The Labute approximate surface area is 141 Å². The molecule has 2 heterocycles. The van der Waals surface area contributed by atoms with Gasteiger partial charge in [-0.25, -0.2) is 4.68 Å². The van der Waals surface area contributed by atoms with Crippen LogP contribution in [0.1, 0.15) is 6.92 Å². The van der Waals surface area contributed by atoms with Gasteiger partial charge in [0.15, 0.2) is 10.6 Å². The van der Waals surface area contributed by atoms with Crippen molar-refractivity contribution in [2.24, 2.45) is 7.05 Å². The van der Waals surface area contributed by atoms with Gasteiger partial charge in [0.1, 0.15) is 5.75 Å². The summed E-state index contributed by atoms with van der Waals surface area (Å²) in [7, 11) is 3.61. The molecular formula is C16H22N4O2S. The molecule has 6 nitrogen and oxygen atoms in total. The number of hydrogen-bond donors (Lipinski definition) is 0. The molecule has 0 N–H and O–H groups in total. The summed E-state index contributed by atoms with van der Waals surface area (Å²) in [5.41, 5.74) is 0.993. The number of rotatable bonds is 4.